The molecular weight excluding hydrogens is 200 g/mol. The summed E-state index contributed by atoms with van der Waals surface area (Å²) in [4.78, 5) is 7.26. The molecule has 1 aromatic carbocycles. The third-order valence-electron chi connectivity index (χ3n) is 2.21. The summed E-state index contributed by atoms with van der Waals surface area (Å²) in [7, 11) is 0. The predicted octanol–water partition coefficient (Wildman–Crippen LogP) is 1.72. The molecule has 1 N–H and O–H groups in total. The van der Waals surface area contributed by atoms with E-state index in [2.05, 4.69) is 22.6 Å². The average Bonchev–Trinajstić information content (AvgIpc) is 2.53. The number of imidazole rings is 1. The van der Waals surface area contributed by atoms with Crippen molar-refractivity contribution in [2.24, 2.45) is 0 Å². The molecule has 0 radical (unpaired) electrons. The number of fused-ring (bicyclic) bond motifs is 2. The fourth-order valence-electron chi connectivity index (χ4n) is 1.57. The first-order chi connectivity index (χ1) is 6.83. The largest absolute Gasteiger partial charge is 0.467 e. The van der Waals surface area contributed by atoms with E-state index in [4.69, 9.17) is 9.47 Å². The Morgan fingerprint density at radius 1 is 1.43 bits per heavy atom. The summed E-state index contributed by atoms with van der Waals surface area (Å²) in [5.74, 6) is 0.851. The molecule has 0 fully saturated rings. The number of thiol groups is 1. The minimum atomic E-state index is 0.316. The van der Waals surface area contributed by atoms with Crippen molar-refractivity contribution in [2.45, 2.75) is 11.8 Å². The Kier molecular flexibility index (Phi) is 1.68. The zero-order chi connectivity index (χ0) is 9.54. The van der Waals surface area contributed by atoms with E-state index in [1.165, 1.54) is 0 Å². The summed E-state index contributed by atoms with van der Waals surface area (Å²) in [5.41, 5.74) is 2.87. The fourth-order valence-corrected chi connectivity index (χ4v) is 1.80. The lowest BCUT2D eigenvalue weighted by Crippen LogP contribution is -2.10. The normalized spacial score (nSPS) is 15.2. The highest BCUT2D eigenvalue weighted by atomic mass is 32.1. The molecular formula is C9H8N2O2S. The van der Waals surface area contributed by atoms with Gasteiger partial charge < -0.3 is 14.5 Å². The number of nitrogens with one attached hydrogen (secondary N) is 1. The van der Waals surface area contributed by atoms with Crippen molar-refractivity contribution in [1.29, 1.82) is 0 Å². The smallest absolute Gasteiger partial charge is 0.189 e. The number of hydrogen-bond acceptors (Lipinski definition) is 4. The highest BCUT2D eigenvalue weighted by Gasteiger charge is 2.13. The number of rotatable bonds is 0. The molecule has 5 heteroatoms. The molecule has 0 atom stereocenters. The molecule has 0 amide bonds. The van der Waals surface area contributed by atoms with E-state index >= 15 is 0 Å². The summed E-state index contributed by atoms with van der Waals surface area (Å²) in [6.07, 6.45) is 0. The van der Waals surface area contributed by atoms with E-state index in [1.54, 1.807) is 0 Å². The van der Waals surface area contributed by atoms with Crippen molar-refractivity contribution in [1.82, 2.24) is 9.97 Å². The molecule has 0 aliphatic carbocycles. The van der Waals surface area contributed by atoms with Crippen molar-refractivity contribution in [3.05, 3.63) is 17.7 Å². The van der Waals surface area contributed by atoms with Gasteiger partial charge in [-0.05, 0) is 6.07 Å². The molecule has 2 aromatic rings. The van der Waals surface area contributed by atoms with Crippen LogP contribution in [0.1, 0.15) is 5.56 Å². The molecule has 1 aliphatic rings. The number of H-pyrrole nitrogens is 1. The van der Waals surface area contributed by atoms with Gasteiger partial charge in [0.2, 0.25) is 0 Å². The number of ether oxygens (including phenoxy) is 2. The van der Waals surface area contributed by atoms with Crippen LogP contribution in [0.15, 0.2) is 17.3 Å². The first kappa shape index (κ1) is 8.14. The van der Waals surface area contributed by atoms with E-state index in [0.29, 0.717) is 18.6 Å². The summed E-state index contributed by atoms with van der Waals surface area (Å²) < 4.78 is 10.5. The molecule has 4 nitrogen and oxygen atoms in total. The Labute approximate surface area is 85.6 Å². The molecule has 0 saturated heterocycles. The van der Waals surface area contributed by atoms with Gasteiger partial charge in [-0.1, -0.05) is 0 Å². The number of nitrogens with zero attached hydrogens (tertiary/aromatic N) is 1. The first-order valence-corrected chi connectivity index (χ1v) is 4.70. The van der Waals surface area contributed by atoms with Gasteiger partial charge in [0.15, 0.2) is 11.9 Å². The second-order valence-electron chi connectivity index (χ2n) is 3.15. The molecule has 1 aliphatic heterocycles. The Hall–Kier alpha value is -1.20. The van der Waals surface area contributed by atoms with Gasteiger partial charge in [0.05, 0.1) is 17.6 Å². The Morgan fingerprint density at radius 2 is 2.36 bits per heavy atom. The first-order valence-electron chi connectivity index (χ1n) is 4.25. The van der Waals surface area contributed by atoms with Crippen LogP contribution in [0.5, 0.6) is 5.75 Å². The van der Waals surface area contributed by atoms with Crippen molar-refractivity contribution in [3.8, 4) is 5.75 Å². The van der Waals surface area contributed by atoms with Crippen molar-refractivity contribution in [3.63, 3.8) is 0 Å². The Balaban J connectivity index is 2.26. The number of hydrogen-bond donors (Lipinski definition) is 2. The van der Waals surface area contributed by atoms with E-state index in [1.807, 2.05) is 12.1 Å². The van der Waals surface area contributed by atoms with Crippen LogP contribution in [-0.2, 0) is 11.3 Å². The van der Waals surface area contributed by atoms with Crippen LogP contribution < -0.4 is 4.74 Å². The minimum absolute atomic E-state index is 0.316. The van der Waals surface area contributed by atoms with Crippen molar-refractivity contribution >= 4 is 23.7 Å². The van der Waals surface area contributed by atoms with Crippen LogP contribution in [0.3, 0.4) is 0 Å². The maximum absolute atomic E-state index is 5.34. The highest BCUT2D eigenvalue weighted by Crippen LogP contribution is 2.28. The van der Waals surface area contributed by atoms with E-state index in [-0.39, 0.29) is 0 Å². The molecule has 14 heavy (non-hydrogen) atoms. The second kappa shape index (κ2) is 2.90. The molecule has 0 bridgehead atoms. The summed E-state index contributed by atoms with van der Waals surface area (Å²) in [5, 5.41) is 0.614. The monoisotopic (exact) mass is 208 g/mol. The lowest BCUT2D eigenvalue weighted by Gasteiger charge is -2.16. The molecule has 72 valence electrons. The number of benzene rings is 1. The Morgan fingerprint density at radius 3 is 3.29 bits per heavy atom. The lowest BCUT2D eigenvalue weighted by molar-refractivity contribution is -0.0161. The van der Waals surface area contributed by atoms with Gasteiger partial charge in [0, 0.05) is 11.6 Å². The third kappa shape index (κ3) is 1.17. The van der Waals surface area contributed by atoms with Gasteiger partial charge in [0.1, 0.15) is 5.75 Å². The van der Waals surface area contributed by atoms with Crippen molar-refractivity contribution < 1.29 is 9.47 Å². The van der Waals surface area contributed by atoms with Gasteiger partial charge in [-0.2, -0.15) is 0 Å². The van der Waals surface area contributed by atoms with Crippen molar-refractivity contribution in [2.75, 3.05) is 6.79 Å². The topological polar surface area (TPSA) is 47.1 Å². The maximum Gasteiger partial charge on any atom is 0.189 e. The van der Waals surface area contributed by atoms with Crippen LogP contribution in [0.2, 0.25) is 0 Å². The summed E-state index contributed by atoms with van der Waals surface area (Å²) in [6.45, 7) is 0.906. The number of aromatic amines is 1. The van der Waals surface area contributed by atoms with Gasteiger partial charge in [-0.15, -0.1) is 12.6 Å². The zero-order valence-electron chi connectivity index (χ0n) is 7.28. The molecule has 2 heterocycles. The van der Waals surface area contributed by atoms with Gasteiger partial charge in [-0.25, -0.2) is 4.98 Å². The van der Waals surface area contributed by atoms with Gasteiger partial charge in [-0.3, -0.25) is 0 Å². The average molecular weight is 208 g/mol. The highest BCUT2D eigenvalue weighted by molar-refractivity contribution is 7.80. The van der Waals surface area contributed by atoms with Crippen LogP contribution in [0.4, 0.5) is 0 Å². The van der Waals surface area contributed by atoms with E-state index in [0.717, 1.165) is 22.3 Å². The fraction of sp³-hybridized carbons (Fsp3) is 0.222. The second-order valence-corrected chi connectivity index (χ2v) is 3.57. The molecule has 0 unspecified atom stereocenters. The predicted molar refractivity (Wildman–Crippen MR) is 53.6 cm³/mol. The van der Waals surface area contributed by atoms with E-state index in [9.17, 15) is 0 Å². The minimum Gasteiger partial charge on any atom is -0.467 e. The third-order valence-corrected chi connectivity index (χ3v) is 2.42. The molecule has 1 aromatic heterocycles. The molecule has 0 saturated carbocycles. The van der Waals surface area contributed by atoms with Crippen LogP contribution in [0.25, 0.3) is 11.0 Å². The maximum atomic E-state index is 5.34. The van der Waals surface area contributed by atoms with Crippen LogP contribution >= 0.6 is 12.6 Å². The molecule has 0 spiro atoms. The van der Waals surface area contributed by atoms with E-state index < -0.39 is 0 Å². The quantitative estimate of drug-likeness (QED) is 0.648. The van der Waals surface area contributed by atoms with Crippen LogP contribution in [0, 0.1) is 0 Å². The van der Waals surface area contributed by atoms with Gasteiger partial charge in [0.25, 0.3) is 0 Å². The SMILES string of the molecule is Sc1nc2cc3c(cc2[nH]1)COCO3. The van der Waals surface area contributed by atoms with Gasteiger partial charge >= 0.3 is 0 Å². The van der Waals surface area contributed by atoms with Crippen LogP contribution in [-0.4, -0.2) is 16.8 Å². The summed E-state index contributed by atoms with van der Waals surface area (Å²) >= 11 is 4.15. The summed E-state index contributed by atoms with van der Waals surface area (Å²) in [6, 6.07) is 3.89. The zero-order valence-corrected chi connectivity index (χ0v) is 8.17. The number of aromatic nitrogens is 2. The Bertz CT molecular complexity index is 452. The molecule has 3 rings (SSSR count). The standard InChI is InChI=1S/C9H8N2O2S/c14-9-10-6-1-5-3-12-4-13-8(5)2-7(6)11-9/h1-2H,3-4H2,(H2,10,11,14). The lowest BCUT2D eigenvalue weighted by atomic mass is 10.2.